The van der Waals surface area contributed by atoms with E-state index >= 15 is 0 Å². The fourth-order valence-electron chi connectivity index (χ4n) is 3.25. The number of aliphatic imine (C=N–C) groups is 1. The van der Waals surface area contributed by atoms with Gasteiger partial charge in [0.2, 0.25) is 0 Å². The summed E-state index contributed by atoms with van der Waals surface area (Å²) < 4.78 is 5.53. The van der Waals surface area contributed by atoms with Gasteiger partial charge in [-0.15, -0.1) is 0 Å². The normalized spacial score (nSPS) is 16.0. The first-order valence-corrected chi connectivity index (χ1v) is 9.18. The molecule has 5 heteroatoms. The van der Waals surface area contributed by atoms with Gasteiger partial charge in [0.05, 0.1) is 17.9 Å². The molecule has 0 amide bonds. The van der Waals surface area contributed by atoms with Crippen molar-refractivity contribution in [2.75, 3.05) is 11.6 Å². The lowest BCUT2D eigenvalue weighted by atomic mass is 10.0. The molecule has 1 aliphatic heterocycles. The molecule has 0 aromatic heterocycles. The number of carbonyl (C=O) groups is 1. The van der Waals surface area contributed by atoms with Crippen LogP contribution in [-0.2, 0) is 16.1 Å². The van der Waals surface area contributed by atoms with Crippen molar-refractivity contribution in [3.05, 3.63) is 102 Å². The molecule has 140 valence electrons. The van der Waals surface area contributed by atoms with Gasteiger partial charge in [0, 0.05) is 11.1 Å². The number of carbonyl (C=O) groups excluding carboxylic acids is 1. The Morgan fingerprint density at radius 2 is 1.61 bits per heavy atom. The van der Waals surface area contributed by atoms with Crippen molar-refractivity contribution < 1.29 is 9.53 Å². The summed E-state index contributed by atoms with van der Waals surface area (Å²) in [5.74, 6) is 5.89. The molecule has 0 bridgehead atoms. The Hall–Kier alpha value is -3.44. The molecule has 0 fully saturated rings. The topological polar surface area (TPSA) is 67.9 Å². The second-order valence-corrected chi connectivity index (χ2v) is 6.62. The van der Waals surface area contributed by atoms with Gasteiger partial charge in [0.15, 0.2) is 6.04 Å². The molecule has 4 rings (SSSR count). The van der Waals surface area contributed by atoms with E-state index in [0.717, 1.165) is 28.1 Å². The summed E-state index contributed by atoms with van der Waals surface area (Å²) in [5, 5.41) is 1.57. The maximum Gasteiger partial charge on any atom is 0.333 e. The summed E-state index contributed by atoms with van der Waals surface area (Å²) in [4.78, 5) is 17.6. The molecule has 1 aliphatic rings. The van der Waals surface area contributed by atoms with E-state index < -0.39 is 6.04 Å². The molecule has 5 nitrogen and oxygen atoms in total. The largest absolute Gasteiger partial charge is 0.459 e. The molecule has 2 N–H and O–H groups in total. The number of hydrazine groups is 1. The van der Waals surface area contributed by atoms with Gasteiger partial charge in [-0.3, -0.25) is 4.99 Å². The molecule has 1 heterocycles. The van der Waals surface area contributed by atoms with E-state index in [-0.39, 0.29) is 19.1 Å². The van der Waals surface area contributed by atoms with Crippen molar-refractivity contribution in [2.24, 2.45) is 10.8 Å². The van der Waals surface area contributed by atoms with Crippen molar-refractivity contribution in [1.82, 2.24) is 0 Å². The summed E-state index contributed by atoms with van der Waals surface area (Å²) in [6, 6.07) is 26.5. The summed E-state index contributed by atoms with van der Waals surface area (Å²) >= 11 is 0. The Labute approximate surface area is 164 Å². The predicted octanol–water partition coefficient (Wildman–Crippen LogP) is 3.33. The minimum Gasteiger partial charge on any atom is -0.459 e. The first-order chi connectivity index (χ1) is 13.7. The van der Waals surface area contributed by atoms with Gasteiger partial charge in [-0.2, -0.15) is 0 Å². The molecular formula is C23H21N3O2. The fraction of sp³-hybridized carbons (Fsp3) is 0.130. The number of benzene rings is 3. The van der Waals surface area contributed by atoms with Gasteiger partial charge in [-0.25, -0.2) is 10.6 Å². The van der Waals surface area contributed by atoms with Crippen molar-refractivity contribution in [1.29, 1.82) is 0 Å². The monoisotopic (exact) mass is 371 g/mol. The van der Waals surface area contributed by atoms with Crippen LogP contribution in [0.1, 0.15) is 16.7 Å². The SMILES string of the molecule is NN1CC(C(=O)OCc2ccccc2)N=C(c2ccccc2)c2ccccc21. The molecule has 1 unspecified atom stereocenters. The number of esters is 1. The lowest BCUT2D eigenvalue weighted by Gasteiger charge is -2.21. The number of anilines is 1. The van der Waals surface area contributed by atoms with Gasteiger partial charge in [-0.1, -0.05) is 78.9 Å². The first kappa shape index (κ1) is 17.9. The molecule has 0 saturated carbocycles. The second kappa shape index (κ2) is 8.06. The van der Waals surface area contributed by atoms with Crippen LogP contribution in [0.2, 0.25) is 0 Å². The average Bonchev–Trinajstić information content (AvgIpc) is 2.90. The molecule has 1 atom stereocenters. The highest BCUT2D eigenvalue weighted by atomic mass is 16.5. The summed E-state index contributed by atoms with van der Waals surface area (Å²) in [6.07, 6.45) is 0. The third-order valence-corrected chi connectivity index (χ3v) is 4.67. The Balaban J connectivity index is 1.66. The number of hydrogen-bond acceptors (Lipinski definition) is 5. The van der Waals surface area contributed by atoms with Crippen molar-refractivity contribution >= 4 is 17.4 Å². The predicted molar refractivity (Wildman–Crippen MR) is 110 cm³/mol. The quantitative estimate of drug-likeness (QED) is 0.564. The highest BCUT2D eigenvalue weighted by molar-refractivity contribution is 6.17. The molecule has 28 heavy (non-hydrogen) atoms. The number of ether oxygens (including phenoxy) is 1. The fourth-order valence-corrected chi connectivity index (χ4v) is 3.25. The Morgan fingerprint density at radius 1 is 0.964 bits per heavy atom. The Kier molecular flexibility index (Phi) is 5.17. The zero-order chi connectivity index (χ0) is 19.3. The van der Waals surface area contributed by atoms with Crippen LogP contribution in [0.5, 0.6) is 0 Å². The van der Waals surface area contributed by atoms with E-state index in [4.69, 9.17) is 15.6 Å². The molecule has 0 radical (unpaired) electrons. The average molecular weight is 371 g/mol. The van der Waals surface area contributed by atoms with E-state index in [1.807, 2.05) is 84.9 Å². The molecular weight excluding hydrogens is 350 g/mol. The van der Waals surface area contributed by atoms with Crippen LogP contribution in [0.25, 0.3) is 0 Å². The number of nitrogens with zero attached hydrogens (tertiary/aromatic N) is 2. The molecule has 3 aromatic carbocycles. The van der Waals surface area contributed by atoms with Crippen LogP contribution in [0.15, 0.2) is 89.9 Å². The lowest BCUT2D eigenvalue weighted by Crippen LogP contribution is -2.40. The summed E-state index contributed by atoms with van der Waals surface area (Å²) in [7, 11) is 0. The number of fused-ring (bicyclic) bond motifs is 1. The number of hydrogen-bond donors (Lipinski definition) is 1. The maximum absolute atomic E-state index is 12.8. The number of nitrogens with two attached hydrogens (primary N) is 1. The zero-order valence-corrected chi connectivity index (χ0v) is 15.4. The van der Waals surface area contributed by atoms with Crippen LogP contribution in [-0.4, -0.2) is 24.3 Å². The van der Waals surface area contributed by atoms with Crippen LogP contribution in [0, 0.1) is 0 Å². The van der Waals surface area contributed by atoms with Crippen LogP contribution in [0.3, 0.4) is 0 Å². The summed E-state index contributed by atoms with van der Waals surface area (Å²) in [6.45, 7) is 0.463. The smallest absolute Gasteiger partial charge is 0.333 e. The van der Waals surface area contributed by atoms with Crippen LogP contribution >= 0.6 is 0 Å². The number of rotatable bonds is 4. The summed E-state index contributed by atoms with van der Waals surface area (Å²) in [5.41, 5.74) is 4.35. The molecule has 0 saturated heterocycles. The zero-order valence-electron chi connectivity index (χ0n) is 15.4. The minimum absolute atomic E-state index is 0.212. The lowest BCUT2D eigenvalue weighted by molar-refractivity contribution is -0.146. The third kappa shape index (κ3) is 3.80. The van der Waals surface area contributed by atoms with Crippen LogP contribution < -0.4 is 10.9 Å². The van der Waals surface area contributed by atoms with E-state index in [1.165, 1.54) is 0 Å². The Morgan fingerprint density at radius 3 is 2.36 bits per heavy atom. The van der Waals surface area contributed by atoms with E-state index in [2.05, 4.69) is 0 Å². The van der Waals surface area contributed by atoms with E-state index in [0.29, 0.717) is 0 Å². The Bertz CT molecular complexity index is 987. The molecule has 0 spiro atoms. The second-order valence-electron chi connectivity index (χ2n) is 6.62. The van der Waals surface area contributed by atoms with Crippen LogP contribution in [0.4, 0.5) is 5.69 Å². The molecule has 0 aliphatic carbocycles. The van der Waals surface area contributed by atoms with Gasteiger partial charge in [0.25, 0.3) is 0 Å². The molecule has 3 aromatic rings. The third-order valence-electron chi connectivity index (χ3n) is 4.67. The van der Waals surface area contributed by atoms with Gasteiger partial charge >= 0.3 is 5.97 Å². The van der Waals surface area contributed by atoms with Gasteiger partial charge < -0.3 is 9.75 Å². The van der Waals surface area contributed by atoms with Gasteiger partial charge in [-0.05, 0) is 11.6 Å². The van der Waals surface area contributed by atoms with Crippen molar-refractivity contribution in [2.45, 2.75) is 12.6 Å². The van der Waals surface area contributed by atoms with Crippen molar-refractivity contribution in [3.8, 4) is 0 Å². The van der Waals surface area contributed by atoms with Crippen molar-refractivity contribution in [3.63, 3.8) is 0 Å². The van der Waals surface area contributed by atoms with Gasteiger partial charge in [0.1, 0.15) is 6.61 Å². The highest BCUT2D eigenvalue weighted by Crippen LogP contribution is 2.26. The number of benzodiazepines with no additional fused rings is 1. The highest BCUT2D eigenvalue weighted by Gasteiger charge is 2.28. The van der Waals surface area contributed by atoms with E-state index in [1.54, 1.807) is 5.01 Å². The minimum atomic E-state index is -0.712. The van der Waals surface area contributed by atoms with E-state index in [9.17, 15) is 4.79 Å². The number of para-hydroxylation sites is 1. The first-order valence-electron chi connectivity index (χ1n) is 9.18. The maximum atomic E-state index is 12.8. The standard InChI is InChI=1S/C23H21N3O2/c24-26-15-20(23(27)28-16-17-9-3-1-4-10-17)25-22(18-11-5-2-6-12-18)19-13-7-8-14-21(19)26/h1-14,20H,15-16,24H2.